The van der Waals surface area contributed by atoms with Crippen molar-refractivity contribution in [1.29, 1.82) is 0 Å². The molecule has 0 N–H and O–H groups in total. The van der Waals surface area contributed by atoms with Gasteiger partial charge in [0.15, 0.2) is 0 Å². The average Bonchev–Trinajstić information content (AvgIpc) is 3.93. The van der Waals surface area contributed by atoms with Crippen LogP contribution in [0.4, 0.5) is 17.1 Å². The summed E-state index contributed by atoms with van der Waals surface area (Å²) in [6.07, 6.45) is 0. The normalized spacial score (nSPS) is 13.9. The van der Waals surface area contributed by atoms with Crippen molar-refractivity contribution in [2.75, 3.05) is 4.90 Å². The van der Waals surface area contributed by atoms with Crippen molar-refractivity contribution in [3.8, 4) is 66.8 Å². The quantitative estimate of drug-likeness (QED) is 0.161. The topological polar surface area (TPSA) is 3.24 Å². The summed E-state index contributed by atoms with van der Waals surface area (Å²) in [6, 6.07) is 87.8. The number of hydrogen-bond donors (Lipinski definition) is 0. The Morgan fingerprint density at radius 2 is 0.708 bits per heavy atom. The lowest BCUT2D eigenvalue weighted by molar-refractivity contribution is 0.661. The maximum Gasteiger partial charge on any atom is 0.0725 e. The van der Waals surface area contributed by atoms with Gasteiger partial charge in [0, 0.05) is 22.5 Å². The van der Waals surface area contributed by atoms with Crippen LogP contribution in [0.5, 0.6) is 0 Å². The third-order valence-electron chi connectivity index (χ3n) is 14.7. The molecular formula is C64H45N. The molecule has 1 spiro atoms. The third kappa shape index (κ3) is 5.39. The molecule has 10 aromatic carbocycles. The lowest BCUT2D eigenvalue weighted by atomic mass is 9.69. The van der Waals surface area contributed by atoms with Gasteiger partial charge < -0.3 is 4.90 Å². The summed E-state index contributed by atoms with van der Waals surface area (Å²) in [6.45, 7) is 4.86. The van der Waals surface area contributed by atoms with E-state index in [0.717, 1.165) is 17.1 Å². The summed E-state index contributed by atoms with van der Waals surface area (Å²) < 4.78 is 0. The van der Waals surface area contributed by atoms with Crippen molar-refractivity contribution in [3.05, 3.63) is 270 Å². The number of anilines is 3. The lowest BCUT2D eigenvalue weighted by Crippen LogP contribution is -2.26. The summed E-state index contributed by atoms with van der Waals surface area (Å²) in [5.41, 5.74) is 26.5. The standard InChI is InChI=1S/C64H45N/c1-63(2)55-28-13-11-26-52(55)61-60-53-27-12-16-31-58(53)64(56-29-14-9-24-50(56)51-25-10-15-30-57(51)64)59(60)41-54(62(61)63)45-34-32-44(33-35-45)46-20-17-23-49(40-46)65(47-21-7-4-8-22-47)48-38-36-43(37-39-48)42-18-5-3-6-19-42/h3-41H,1-2H3. The monoisotopic (exact) mass is 827 g/mol. The summed E-state index contributed by atoms with van der Waals surface area (Å²) >= 11 is 0. The third-order valence-corrected chi connectivity index (χ3v) is 14.7. The van der Waals surface area contributed by atoms with E-state index < -0.39 is 5.41 Å². The molecule has 0 aromatic heterocycles. The Balaban J connectivity index is 0.971. The van der Waals surface area contributed by atoms with Gasteiger partial charge in [-0.25, -0.2) is 0 Å². The van der Waals surface area contributed by atoms with Crippen molar-refractivity contribution in [1.82, 2.24) is 0 Å². The number of fused-ring (bicyclic) bond motifs is 14. The van der Waals surface area contributed by atoms with E-state index >= 15 is 0 Å². The van der Waals surface area contributed by atoms with Crippen LogP contribution in [0.3, 0.4) is 0 Å². The smallest absolute Gasteiger partial charge is 0.0725 e. The van der Waals surface area contributed by atoms with Crippen molar-refractivity contribution in [2.24, 2.45) is 0 Å². The van der Waals surface area contributed by atoms with Crippen LogP contribution in [0.2, 0.25) is 0 Å². The molecule has 13 rings (SSSR count). The highest BCUT2D eigenvalue weighted by atomic mass is 15.1. The van der Waals surface area contributed by atoms with Crippen LogP contribution in [0, 0.1) is 0 Å². The number of para-hydroxylation sites is 1. The minimum absolute atomic E-state index is 0.209. The molecule has 1 nitrogen and oxygen atoms in total. The summed E-state index contributed by atoms with van der Waals surface area (Å²) in [7, 11) is 0. The van der Waals surface area contributed by atoms with Crippen molar-refractivity contribution in [2.45, 2.75) is 24.7 Å². The molecule has 0 atom stereocenters. The van der Waals surface area contributed by atoms with Crippen LogP contribution in [0.1, 0.15) is 47.2 Å². The van der Waals surface area contributed by atoms with E-state index in [1.165, 1.54) is 100 Å². The van der Waals surface area contributed by atoms with Gasteiger partial charge in [-0.05, 0) is 143 Å². The Kier molecular flexibility index (Phi) is 8.24. The average molecular weight is 828 g/mol. The van der Waals surface area contributed by atoms with Crippen LogP contribution < -0.4 is 4.90 Å². The molecule has 306 valence electrons. The maximum atomic E-state index is 2.59. The van der Waals surface area contributed by atoms with Crippen LogP contribution in [-0.4, -0.2) is 0 Å². The predicted octanol–water partition coefficient (Wildman–Crippen LogP) is 16.8. The van der Waals surface area contributed by atoms with E-state index in [2.05, 4.69) is 255 Å². The van der Waals surface area contributed by atoms with Gasteiger partial charge in [-0.15, -0.1) is 0 Å². The largest absolute Gasteiger partial charge is 0.310 e. The molecular weight excluding hydrogens is 783 g/mol. The van der Waals surface area contributed by atoms with Crippen LogP contribution in [0.15, 0.2) is 237 Å². The highest BCUT2D eigenvalue weighted by molar-refractivity contribution is 6.06. The summed E-state index contributed by atoms with van der Waals surface area (Å²) in [5.74, 6) is 0. The number of nitrogens with zero attached hydrogens (tertiary/aromatic N) is 1. The molecule has 0 heterocycles. The first-order chi connectivity index (χ1) is 32.0. The Hall–Kier alpha value is -8.00. The minimum Gasteiger partial charge on any atom is -0.310 e. The van der Waals surface area contributed by atoms with Crippen LogP contribution in [0.25, 0.3) is 66.8 Å². The fourth-order valence-corrected chi connectivity index (χ4v) is 11.9. The van der Waals surface area contributed by atoms with Crippen molar-refractivity contribution < 1.29 is 0 Å². The zero-order valence-corrected chi connectivity index (χ0v) is 36.5. The highest BCUT2D eigenvalue weighted by Gasteiger charge is 2.54. The van der Waals surface area contributed by atoms with Gasteiger partial charge in [-0.1, -0.05) is 208 Å². The minimum atomic E-state index is -0.433. The summed E-state index contributed by atoms with van der Waals surface area (Å²) in [5, 5.41) is 0. The first-order valence-corrected chi connectivity index (χ1v) is 22.8. The van der Waals surface area contributed by atoms with Gasteiger partial charge in [-0.3, -0.25) is 0 Å². The van der Waals surface area contributed by atoms with E-state index in [1.807, 2.05) is 0 Å². The van der Waals surface area contributed by atoms with Gasteiger partial charge in [0.2, 0.25) is 0 Å². The van der Waals surface area contributed by atoms with Crippen LogP contribution in [-0.2, 0) is 10.8 Å². The number of rotatable bonds is 6. The van der Waals surface area contributed by atoms with Gasteiger partial charge >= 0.3 is 0 Å². The van der Waals surface area contributed by atoms with E-state index in [1.54, 1.807) is 0 Å². The predicted molar refractivity (Wildman–Crippen MR) is 271 cm³/mol. The van der Waals surface area contributed by atoms with Gasteiger partial charge in [0.1, 0.15) is 0 Å². The second-order valence-electron chi connectivity index (χ2n) is 18.4. The zero-order valence-electron chi connectivity index (χ0n) is 36.5. The molecule has 1 heteroatoms. The molecule has 0 radical (unpaired) electrons. The Labute approximate surface area is 381 Å². The molecule has 0 saturated heterocycles. The van der Waals surface area contributed by atoms with E-state index in [-0.39, 0.29) is 5.41 Å². The molecule has 0 fully saturated rings. The maximum absolute atomic E-state index is 2.59. The molecule has 10 aromatic rings. The Bertz CT molecular complexity index is 3440. The fraction of sp³-hybridized carbons (Fsp3) is 0.0625. The second kappa shape index (κ2) is 14.3. The highest BCUT2D eigenvalue weighted by Crippen LogP contribution is 2.67. The molecule has 65 heavy (non-hydrogen) atoms. The van der Waals surface area contributed by atoms with Gasteiger partial charge in [0.25, 0.3) is 0 Å². The second-order valence-corrected chi connectivity index (χ2v) is 18.4. The molecule has 0 aliphatic heterocycles. The summed E-state index contributed by atoms with van der Waals surface area (Å²) in [4.78, 5) is 2.35. The fourth-order valence-electron chi connectivity index (χ4n) is 11.9. The van der Waals surface area contributed by atoms with Gasteiger partial charge in [0.05, 0.1) is 5.41 Å². The van der Waals surface area contributed by atoms with Crippen LogP contribution >= 0.6 is 0 Å². The zero-order chi connectivity index (χ0) is 43.3. The Morgan fingerprint density at radius 3 is 1.35 bits per heavy atom. The first-order valence-electron chi connectivity index (χ1n) is 22.8. The molecule has 3 aliphatic carbocycles. The van der Waals surface area contributed by atoms with E-state index in [9.17, 15) is 0 Å². The SMILES string of the molecule is CC1(C)c2ccccc2-c2c3c(cc(-c4ccc(-c5cccc(N(c6ccccc6)c6ccc(-c7ccccc7)cc6)c5)cc4)c21)C1(c2ccccc2-c2ccccc21)c1ccccc1-3. The molecule has 0 amide bonds. The number of hydrogen-bond acceptors (Lipinski definition) is 1. The molecule has 0 saturated carbocycles. The van der Waals surface area contributed by atoms with E-state index in [0.29, 0.717) is 0 Å². The van der Waals surface area contributed by atoms with Crippen molar-refractivity contribution in [3.63, 3.8) is 0 Å². The number of benzene rings is 10. The Morgan fingerprint density at radius 1 is 0.277 bits per heavy atom. The molecule has 3 aliphatic rings. The molecule has 0 bridgehead atoms. The first kappa shape index (κ1) is 37.5. The van der Waals surface area contributed by atoms with Crippen molar-refractivity contribution >= 4 is 17.1 Å². The lowest BCUT2D eigenvalue weighted by Gasteiger charge is -2.32. The van der Waals surface area contributed by atoms with Gasteiger partial charge in [-0.2, -0.15) is 0 Å². The molecule has 0 unspecified atom stereocenters. The van der Waals surface area contributed by atoms with E-state index in [4.69, 9.17) is 0 Å².